The van der Waals surface area contributed by atoms with Gasteiger partial charge >= 0.3 is 0 Å². The van der Waals surface area contributed by atoms with Crippen molar-refractivity contribution in [3.05, 3.63) is 36.0 Å². The molecule has 0 aromatic carbocycles. The number of furan rings is 1. The van der Waals surface area contributed by atoms with Gasteiger partial charge < -0.3 is 9.73 Å². The third-order valence-electron chi connectivity index (χ3n) is 3.08. The molecule has 0 unspecified atom stereocenters. The number of rotatable bonds is 7. The monoisotopic (exact) mass is 312 g/mol. The molecule has 0 bridgehead atoms. The molecule has 8 heteroatoms. The molecule has 7 nitrogen and oxygen atoms in total. The Hall–Kier alpha value is -1.64. The Balaban J connectivity index is 2.11. The van der Waals surface area contributed by atoms with E-state index in [2.05, 4.69) is 10.4 Å². The fourth-order valence-corrected chi connectivity index (χ4v) is 2.97. The summed E-state index contributed by atoms with van der Waals surface area (Å²) in [5.41, 5.74) is 0. The average Bonchev–Trinajstić information content (AvgIpc) is 3.06. The zero-order chi connectivity index (χ0) is 15.5. The van der Waals surface area contributed by atoms with Crippen LogP contribution < -0.4 is 5.32 Å². The van der Waals surface area contributed by atoms with E-state index in [0.29, 0.717) is 12.3 Å². The maximum Gasteiger partial charge on any atom is 0.246 e. The van der Waals surface area contributed by atoms with Crippen molar-refractivity contribution in [3.63, 3.8) is 0 Å². The molecule has 2 aromatic rings. The first-order valence-electron chi connectivity index (χ1n) is 6.62. The molecule has 2 rings (SSSR count). The van der Waals surface area contributed by atoms with E-state index in [1.54, 1.807) is 10.7 Å². The topological polar surface area (TPSA) is 80.4 Å². The van der Waals surface area contributed by atoms with E-state index in [-0.39, 0.29) is 11.4 Å². The second kappa shape index (κ2) is 6.42. The number of aromatic nitrogens is 2. The van der Waals surface area contributed by atoms with Crippen LogP contribution in [0.5, 0.6) is 0 Å². The van der Waals surface area contributed by atoms with Gasteiger partial charge in [0, 0.05) is 19.8 Å². The van der Waals surface area contributed by atoms with Gasteiger partial charge in [0.05, 0.1) is 19.3 Å². The van der Waals surface area contributed by atoms with E-state index in [4.69, 9.17) is 4.42 Å². The maximum atomic E-state index is 12.4. The number of nitrogens with zero attached hydrogens (tertiary/aromatic N) is 3. The quantitative estimate of drug-likeness (QED) is 0.819. The third-order valence-corrected chi connectivity index (χ3v) is 4.84. The van der Waals surface area contributed by atoms with E-state index in [9.17, 15) is 8.42 Å². The van der Waals surface area contributed by atoms with Gasteiger partial charge in [0.2, 0.25) is 10.0 Å². The number of hydrogen-bond acceptors (Lipinski definition) is 5. The standard InChI is InChI=1S/C13H20N4O3S/c1-11-4-5-12(20-11)9-16(3)21(18,19)13-8-15-17(10-13)7-6-14-2/h4-5,8,10,14H,6-7,9H2,1-3H3. The minimum absolute atomic E-state index is 0.185. The molecule has 0 saturated carbocycles. The first-order chi connectivity index (χ1) is 9.93. The summed E-state index contributed by atoms with van der Waals surface area (Å²) in [6.45, 7) is 3.36. The van der Waals surface area contributed by atoms with Crippen LogP contribution in [0.25, 0.3) is 0 Å². The van der Waals surface area contributed by atoms with Crippen molar-refractivity contribution in [2.45, 2.75) is 24.9 Å². The van der Waals surface area contributed by atoms with Gasteiger partial charge in [-0.2, -0.15) is 9.40 Å². The molecule has 0 atom stereocenters. The minimum atomic E-state index is -3.56. The van der Waals surface area contributed by atoms with Crippen LogP contribution in [0.1, 0.15) is 11.5 Å². The fraction of sp³-hybridized carbons (Fsp3) is 0.462. The Labute approximate surface area is 124 Å². The second-order valence-corrected chi connectivity index (χ2v) is 6.86. The molecule has 0 fully saturated rings. The minimum Gasteiger partial charge on any atom is -0.465 e. The van der Waals surface area contributed by atoms with Crippen LogP contribution >= 0.6 is 0 Å². The summed E-state index contributed by atoms with van der Waals surface area (Å²) < 4.78 is 33.2. The summed E-state index contributed by atoms with van der Waals surface area (Å²) in [6, 6.07) is 3.59. The van der Waals surface area contributed by atoms with Crippen molar-refractivity contribution in [1.29, 1.82) is 0 Å². The molecule has 0 radical (unpaired) electrons. The van der Waals surface area contributed by atoms with Gasteiger partial charge in [-0.15, -0.1) is 0 Å². The summed E-state index contributed by atoms with van der Waals surface area (Å²) in [5, 5.41) is 7.05. The van der Waals surface area contributed by atoms with E-state index < -0.39 is 10.0 Å². The number of likely N-dealkylation sites (N-methyl/N-ethyl adjacent to an activating group) is 1. The van der Waals surface area contributed by atoms with Crippen LogP contribution in [-0.4, -0.2) is 43.1 Å². The Morgan fingerprint density at radius 1 is 1.43 bits per heavy atom. The highest BCUT2D eigenvalue weighted by Gasteiger charge is 2.23. The molecule has 0 aliphatic rings. The van der Waals surface area contributed by atoms with Crippen molar-refractivity contribution in [3.8, 4) is 0 Å². The van der Waals surface area contributed by atoms with Gasteiger partial charge in [-0.25, -0.2) is 8.42 Å². The molecular weight excluding hydrogens is 292 g/mol. The predicted molar refractivity (Wildman–Crippen MR) is 78.3 cm³/mol. The smallest absolute Gasteiger partial charge is 0.246 e. The van der Waals surface area contributed by atoms with Gasteiger partial charge in [-0.1, -0.05) is 0 Å². The summed E-state index contributed by atoms with van der Waals surface area (Å²) in [5.74, 6) is 1.37. The van der Waals surface area contributed by atoms with Crippen molar-refractivity contribution in [1.82, 2.24) is 19.4 Å². The molecule has 0 saturated heterocycles. The van der Waals surface area contributed by atoms with Gasteiger partial charge in [0.25, 0.3) is 0 Å². The van der Waals surface area contributed by atoms with Crippen LogP contribution in [0.2, 0.25) is 0 Å². The lowest BCUT2D eigenvalue weighted by Crippen LogP contribution is -2.26. The average molecular weight is 312 g/mol. The molecule has 116 valence electrons. The molecule has 0 aliphatic carbocycles. The molecule has 0 spiro atoms. The number of aryl methyl sites for hydroxylation is 1. The van der Waals surface area contributed by atoms with Gasteiger partial charge in [-0.3, -0.25) is 4.68 Å². The highest BCUT2D eigenvalue weighted by atomic mass is 32.2. The summed E-state index contributed by atoms with van der Waals surface area (Å²) >= 11 is 0. The summed E-state index contributed by atoms with van der Waals surface area (Å²) in [6.07, 6.45) is 2.91. The van der Waals surface area contributed by atoms with Crippen LogP contribution in [0.3, 0.4) is 0 Å². The normalized spacial score (nSPS) is 12.2. The fourth-order valence-electron chi connectivity index (χ4n) is 1.88. The van der Waals surface area contributed by atoms with E-state index in [1.807, 2.05) is 20.0 Å². The SMILES string of the molecule is CNCCn1cc(S(=O)(=O)N(C)Cc2ccc(C)o2)cn1. The summed E-state index contributed by atoms with van der Waals surface area (Å²) in [7, 11) is -0.203. The highest BCUT2D eigenvalue weighted by Crippen LogP contribution is 2.17. The Kier molecular flexibility index (Phi) is 4.81. The zero-order valence-electron chi connectivity index (χ0n) is 12.4. The van der Waals surface area contributed by atoms with Gasteiger partial charge in [-0.05, 0) is 26.1 Å². The summed E-state index contributed by atoms with van der Waals surface area (Å²) in [4.78, 5) is 0.185. The first-order valence-corrected chi connectivity index (χ1v) is 8.06. The Bertz CT molecular complexity index is 690. The van der Waals surface area contributed by atoms with Crippen molar-refractivity contribution < 1.29 is 12.8 Å². The molecule has 2 heterocycles. The van der Waals surface area contributed by atoms with Crippen LogP contribution in [0, 0.1) is 6.92 Å². The lowest BCUT2D eigenvalue weighted by Gasteiger charge is -2.14. The van der Waals surface area contributed by atoms with Gasteiger partial charge in [0.1, 0.15) is 16.4 Å². The number of nitrogens with one attached hydrogen (secondary N) is 1. The molecule has 0 aliphatic heterocycles. The maximum absolute atomic E-state index is 12.4. The lowest BCUT2D eigenvalue weighted by atomic mass is 10.4. The van der Waals surface area contributed by atoms with Crippen molar-refractivity contribution >= 4 is 10.0 Å². The molecule has 1 N–H and O–H groups in total. The zero-order valence-corrected chi connectivity index (χ0v) is 13.2. The van der Waals surface area contributed by atoms with E-state index in [1.165, 1.54) is 23.7 Å². The largest absolute Gasteiger partial charge is 0.465 e. The Morgan fingerprint density at radius 3 is 2.81 bits per heavy atom. The number of hydrogen-bond donors (Lipinski definition) is 1. The van der Waals surface area contributed by atoms with Crippen molar-refractivity contribution in [2.75, 3.05) is 20.6 Å². The third kappa shape index (κ3) is 3.72. The van der Waals surface area contributed by atoms with E-state index >= 15 is 0 Å². The Morgan fingerprint density at radius 2 is 2.19 bits per heavy atom. The lowest BCUT2D eigenvalue weighted by molar-refractivity contribution is 0.397. The molecule has 21 heavy (non-hydrogen) atoms. The first kappa shape index (κ1) is 15.7. The van der Waals surface area contributed by atoms with Gasteiger partial charge in [0.15, 0.2) is 0 Å². The van der Waals surface area contributed by atoms with Crippen LogP contribution in [0.4, 0.5) is 0 Å². The van der Waals surface area contributed by atoms with E-state index in [0.717, 1.165) is 12.3 Å². The van der Waals surface area contributed by atoms with Crippen LogP contribution in [-0.2, 0) is 23.1 Å². The molecule has 0 amide bonds. The highest BCUT2D eigenvalue weighted by molar-refractivity contribution is 7.89. The number of sulfonamides is 1. The second-order valence-electron chi connectivity index (χ2n) is 4.82. The molecule has 2 aromatic heterocycles. The molecular formula is C13H20N4O3S. The predicted octanol–water partition coefficient (Wildman–Crippen LogP) is 0.825. The van der Waals surface area contributed by atoms with Crippen molar-refractivity contribution in [2.24, 2.45) is 0 Å². The van der Waals surface area contributed by atoms with Crippen LogP contribution in [0.15, 0.2) is 33.8 Å².